The first kappa shape index (κ1) is 41.3. The minimum absolute atomic E-state index is 0.133. The van der Waals surface area contributed by atoms with Gasteiger partial charge in [-0.3, -0.25) is 9.59 Å². The van der Waals surface area contributed by atoms with Gasteiger partial charge in [0.2, 0.25) is 0 Å². The van der Waals surface area contributed by atoms with E-state index < -0.39 is 23.5 Å². The molecule has 0 amide bonds. The Kier molecular flexibility index (Phi) is 29.2. The number of aliphatic hydroxyl groups is 2. The molecule has 0 spiro atoms. The maximum absolute atomic E-state index is 12.4. The zero-order valence-corrected chi connectivity index (χ0v) is 27.8. The number of aliphatic carboxylic acids is 2. The van der Waals surface area contributed by atoms with E-state index in [2.05, 4.69) is 31.2 Å². The lowest BCUT2D eigenvalue weighted by molar-refractivity contribution is -0.153. The van der Waals surface area contributed by atoms with Crippen LogP contribution in [-0.4, -0.2) is 45.1 Å². The molecule has 0 fully saturated rings. The fraction of sp³-hybridized carbons (Fsp3) is 0.838. The van der Waals surface area contributed by atoms with E-state index >= 15 is 0 Å². The Labute approximate surface area is 264 Å². The van der Waals surface area contributed by atoms with Crippen LogP contribution in [-0.2, 0) is 9.59 Å². The molecule has 0 radical (unpaired) electrons. The molecule has 0 aliphatic rings. The van der Waals surface area contributed by atoms with Crippen molar-refractivity contribution in [3.8, 4) is 0 Å². The summed E-state index contributed by atoms with van der Waals surface area (Å²) in [5.41, 5.74) is -0.945. The van der Waals surface area contributed by atoms with Crippen LogP contribution >= 0.6 is 0 Å². The van der Waals surface area contributed by atoms with Crippen LogP contribution < -0.4 is 0 Å². The van der Waals surface area contributed by atoms with Crippen molar-refractivity contribution in [2.24, 2.45) is 5.41 Å². The molecular weight excluding hydrogens is 540 g/mol. The van der Waals surface area contributed by atoms with Gasteiger partial charge in [0, 0.05) is 6.42 Å². The molecule has 0 aromatic heterocycles. The number of carboxylic acids is 2. The number of rotatable bonds is 33. The smallest absolute Gasteiger partial charge is 0.309 e. The van der Waals surface area contributed by atoms with Gasteiger partial charge in [0.05, 0.1) is 18.1 Å². The zero-order chi connectivity index (χ0) is 31.9. The molecule has 0 aromatic carbocycles. The van der Waals surface area contributed by atoms with Gasteiger partial charge in [-0.1, -0.05) is 140 Å². The summed E-state index contributed by atoms with van der Waals surface area (Å²) in [6.45, 7) is 1.86. The molecule has 2 atom stereocenters. The number of hydrogen-bond acceptors (Lipinski definition) is 4. The van der Waals surface area contributed by atoms with Crippen molar-refractivity contribution in [1.82, 2.24) is 0 Å². The topological polar surface area (TPSA) is 115 Å². The average molecular weight is 609 g/mol. The van der Waals surface area contributed by atoms with Crippen LogP contribution in [0.1, 0.15) is 180 Å². The highest BCUT2D eigenvalue weighted by molar-refractivity contribution is 5.74. The van der Waals surface area contributed by atoms with Crippen LogP contribution in [0.4, 0.5) is 0 Å². The Balaban J connectivity index is 4.13. The third kappa shape index (κ3) is 26.5. The third-order valence-corrected chi connectivity index (χ3v) is 8.69. The summed E-state index contributed by atoms with van der Waals surface area (Å²) in [7, 11) is 0. The van der Waals surface area contributed by atoms with Gasteiger partial charge in [-0.25, -0.2) is 0 Å². The van der Waals surface area contributed by atoms with Crippen molar-refractivity contribution in [3.05, 3.63) is 24.3 Å². The summed E-state index contributed by atoms with van der Waals surface area (Å²) in [4.78, 5) is 22.9. The van der Waals surface area contributed by atoms with E-state index in [1.807, 2.05) is 0 Å². The van der Waals surface area contributed by atoms with E-state index in [9.17, 15) is 24.9 Å². The van der Waals surface area contributed by atoms with Crippen LogP contribution in [0.2, 0.25) is 0 Å². The summed E-state index contributed by atoms with van der Waals surface area (Å²) in [6, 6.07) is 0. The van der Waals surface area contributed by atoms with Gasteiger partial charge in [-0.05, 0) is 57.8 Å². The lowest BCUT2D eigenvalue weighted by atomic mass is 9.74. The number of unbranched alkanes of at least 4 members (excludes halogenated alkanes) is 19. The SMILES string of the molecule is CCCCCCCCCCCCCCC(CCCCC/C=C\C/C=C\CCCCCCCC(=O)O)(CC(O)CO)C(=O)O. The summed E-state index contributed by atoms with van der Waals surface area (Å²) >= 11 is 0. The molecule has 0 bridgehead atoms. The number of hydrogen-bond donors (Lipinski definition) is 4. The summed E-state index contributed by atoms with van der Waals surface area (Å²) in [6.07, 6.45) is 35.3. The quantitative estimate of drug-likeness (QED) is 0.0435. The van der Waals surface area contributed by atoms with Crippen LogP contribution in [0.15, 0.2) is 24.3 Å². The second-order valence-corrected chi connectivity index (χ2v) is 12.7. The Morgan fingerprint density at radius 1 is 0.605 bits per heavy atom. The van der Waals surface area contributed by atoms with Crippen LogP contribution in [0.25, 0.3) is 0 Å². The molecule has 0 saturated heterocycles. The van der Waals surface area contributed by atoms with Crippen molar-refractivity contribution in [2.45, 2.75) is 186 Å². The monoisotopic (exact) mass is 609 g/mol. The van der Waals surface area contributed by atoms with Crippen molar-refractivity contribution < 1.29 is 30.0 Å². The maximum atomic E-state index is 12.4. The van der Waals surface area contributed by atoms with Crippen LogP contribution in [0.3, 0.4) is 0 Å². The van der Waals surface area contributed by atoms with Gasteiger partial charge in [0.15, 0.2) is 0 Å². The predicted octanol–water partition coefficient (Wildman–Crippen LogP) is 10.2. The van der Waals surface area contributed by atoms with Crippen molar-refractivity contribution >= 4 is 11.9 Å². The number of carboxylic acid groups (broad SMARTS) is 2. The Bertz CT molecular complexity index is 703. The summed E-state index contributed by atoms with van der Waals surface area (Å²) in [5.74, 6) is -1.53. The van der Waals surface area contributed by atoms with Crippen LogP contribution in [0.5, 0.6) is 0 Å². The Hall–Kier alpha value is -1.66. The molecule has 6 nitrogen and oxygen atoms in total. The molecule has 0 saturated carbocycles. The second-order valence-electron chi connectivity index (χ2n) is 12.7. The van der Waals surface area contributed by atoms with E-state index in [0.29, 0.717) is 12.8 Å². The standard InChI is InChI=1S/C37H68O6/c1-2-3-4-5-6-7-8-15-18-21-24-27-30-37(36(42)43,32-34(39)33-38)31-28-25-22-19-16-13-11-9-10-12-14-17-20-23-26-29-35(40)41/h9-10,13,16,34,38-39H,2-8,11-12,14-15,17-33H2,1H3,(H,40,41)(H,42,43)/b10-9-,16-13-. The van der Waals surface area contributed by atoms with E-state index in [1.54, 1.807) is 0 Å². The molecule has 0 aliphatic heterocycles. The molecule has 252 valence electrons. The van der Waals surface area contributed by atoms with E-state index in [0.717, 1.165) is 89.9 Å². The summed E-state index contributed by atoms with van der Waals surface area (Å²) < 4.78 is 0. The molecule has 43 heavy (non-hydrogen) atoms. The normalized spacial score (nSPS) is 14.0. The highest BCUT2D eigenvalue weighted by Gasteiger charge is 2.39. The van der Waals surface area contributed by atoms with E-state index in [4.69, 9.17) is 5.11 Å². The minimum Gasteiger partial charge on any atom is -0.481 e. The lowest BCUT2D eigenvalue weighted by Gasteiger charge is -2.31. The third-order valence-electron chi connectivity index (χ3n) is 8.69. The van der Waals surface area contributed by atoms with Crippen molar-refractivity contribution in [3.63, 3.8) is 0 Å². The predicted molar refractivity (Wildman–Crippen MR) is 179 cm³/mol. The number of carbonyl (C=O) groups is 2. The molecule has 4 N–H and O–H groups in total. The molecule has 0 heterocycles. The molecule has 0 aliphatic carbocycles. The minimum atomic E-state index is -0.978. The van der Waals surface area contributed by atoms with E-state index in [-0.39, 0.29) is 19.4 Å². The average Bonchev–Trinajstić information content (AvgIpc) is 2.98. The molecule has 0 aromatic rings. The number of allylic oxidation sites excluding steroid dienone is 4. The van der Waals surface area contributed by atoms with Crippen molar-refractivity contribution in [2.75, 3.05) is 6.61 Å². The second kappa shape index (κ2) is 30.4. The van der Waals surface area contributed by atoms with Crippen LogP contribution in [0, 0.1) is 5.41 Å². The van der Waals surface area contributed by atoms with Gasteiger partial charge in [0.25, 0.3) is 0 Å². The number of aliphatic hydroxyl groups excluding tert-OH is 2. The first-order valence-electron chi connectivity index (χ1n) is 17.9. The Morgan fingerprint density at radius 3 is 1.47 bits per heavy atom. The highest BCUT2D eigenvalue weighted by atomic mass is 16.4. The van der Waals surface area contributed by atoms with E-state index in [1.165, 1.54) is 57.8 Å². The lowest BCUT2D eigenvalue weighted by Crippen LogP contribution is -2.36. The van der Waals surface area contributed by atoms with Gasteiger partial charge in [-0.15, -0.1) is 0 Å². The van der Waals surface area contributed by atoms with Crippen molar-refractivity contribution in [1.29, 1.82) is 0 Å². The molecule has 6 heteroatoms. The molecule has 2 unspecified atom stereocenters. The molecule has 0 rings (SSSR count). The first-order chi connectivity index (χ1) is 20.9. The Morgan fingerprint density at radius 2 is 1.02 bits per heavy atom. The molecular formula is C37H68O6. The zero-order valence-electron chi connectivity index (χ0n) is 27.8. The van der Waals surface area contributed by atoms with Gasteiger partial charge in [0.1, 0.15) is 0 Å². The fourth-order valence-corrected chi connectivity index (χ4v) is 5.93. The first-order valence-corrected chi connectivity index (χ1v) is 17.9. The summed E-state index contributed by atoms with van der Waals surface area (Å²) in [5, 5.41) is 38.3. The van der Waals surface area contributed by atoms with Gasteiger partial charge in [-0.2, -0.15) is 0 Å². The fourth-order valence-electron chi connectivity index (χ4n) is 5.93. The highest BCUT2D eigenvalue weighted by Crippen LogP contribution is 2.37. The van der Waals surface area contributed by atoms with Gasteiger partial charge < -0.3 is 20.4 Å². The maximum Gasteiger partial charge on any atom is 0.309 e. The largest absolute Gasteiger partial charge is 0.481 e. The van der Waals surface area contributed by atoms with Gasteiger partial charge >= 0.3 is 11.9 Å².